The molecular formula is C19H25NO. The van der Waals surface area contributed by atoms with E-state index in [1.54, 1.807) is 12.1 Å². The van der Waals surface area contributed by atoms with Gasteiger partial charge < -0.3 is 10.4 Å². The number of anilines is 1. The summed E-state index contributed by atoms with van der Waals surface area (Å²) in [6.07, 6.45) is 1.04. The van der Waals surface area contributed by atoms with Crippen LogP contribution in [-0.2, 0) is 0 Å². The minimum atomic E-state index is 0.234. The van der Waals surface area contributed by atoms with Crippen molar-refractivity contribution in [2.75, 3.05) is 5.32 Å². The van der Waals surface area contributed by atoms with E-state index in [0.717, 1.165) is 17.7 Å². The first-order valence-electron chi connectivity index (χ1n) is 7.46. The molecule has 2 nitrogen and oxygen atoms in total. The fraction of sp³-hybridized carbons (Fsp3) is 0.368. The maximum Gasteiger partial charge on any atom is 0.115 e. The Balaban J connectivity index is 2.28. The zero-order valence-corrected chi connectivity index (χ0v) is 13.4. The highest BCUT2D eigenvalue weighted by atomic mass is 16.3. The van der Waals surface area contributed by atoms with Crippen molar-refractivity contribution in [1.29, 1.82) is 0 Å². The molecule has 2 rings (SSSR count). The Morgan fingerprint density at radius 3 is 2.29 bits per heavy atom. The quantitative estimate of drug-likeness (QED) is 0.747. The number of phenolic OH excluding ortho intramolecular Hbond substituents is 1. The van der Waals surface area contributed by atoms with E-state index in [0.29, 0.717) is 5.75 Å². The van der Waals surface area contributed by atoms with Crippen molar-refractivity contribution >= 4 is 5.69 Å². The molecular weight excluding hydrogens is 258 g/mol. The van der Waals surface area contributed by atoms with Gasteiger partial charge in [0, 0.05) is 5.69 Å². The largest absolute Gasteiger partial charge is 0.508 e. The van der Waals surface area contributed by atoms with E-state index in [2.05, 4.69) is 50.4 Å². The first kappa shape index (κ1) is 15.4. The lowest BCUT2D eigenvalue weighted by Crippen LogP contribution is -2.19. The average Bonchev–Trinajstić information content (AvgIpc) is 2.40. The molecule has 2 heteroatoms. The van der Waals surface area contributed by atoms with Gasteiger partial charge in [0.1, 0.15) is 5.75 Å². The zero-order chi connectivity index (χ0) is 15.5. The number of rotatable bonds is 4. The average molecular weight is 283 g/mol. The third-order valence-electron chi connectivity index (χ3n) is 3.56. The molecule has 0 saturated carbocycles. The summed E-state index contributed by atoms with van der Waals surface area (Å²) in [5.41, 5.74) is 3.66. The second kappa shape index (κ2) is 6.21. The number of benzene rings is 2. The number of nitrogens with one attached hydrogen (secondary N) is 1. The standard InChI is InChI=1S/C19H25NO/c1-14-12-16(21)10-11-17(14)20-18(13-19(2,3)4)15-8-6-5-7-9-15/h5-12,18,20-21H,13H2,1-4H3. The first-order chi connectivity index (χ1) is 9.85. The fourth-order valence-corrected chi connectivity index (χ4v) is 2.55. The van der Waals surface area contributed by atoms with Crippen molar-refractivity contribution in [3.8, 4) is 5.75 Å². The van der Waals surface area contributed by atoms with Gasteiger partial charge in [-0.25, -0.2) is 0 Å². The van der Waals surface area contributed by atoms with Crippen molar-refractivity contribution in [3.05, 3.63) is 59.7 Å². The monoisotopic (exact) mass is 283 g/mol. The SMILES string of the molecule is Cc1cc(O)ccc1NC(CC(C)(C)C)c1ccccc1. The van der Waals surface area contributed by atoms with Crippen molar-refractivity contribution in [3.63, 3.8) is 0 Å². The van der Waals surface area contributed by atoms with Gasteiger partial charge in [-0.1, -0.05) is 51.1 Å². The lowest BCUT2D eigenvalue weighted by molar-refractivity contribution is 0.352. The summed E-state index contributed by atoms with van der Waals surface area (Å²) in [6, 6.07) is 16.3. The Morgan fingerprint density at radius 2 is 1.71 bits per heavy atom. The fourth-order valence-electron chi connectivity index (χ4n) is 2.55. The van der Waals surface area contributed by atoms with E-state index in [-0.39, 0.29) is 11.5 Å². The predicted octanol–water partition coefficient (Wildman–Crippen LogP) is 5.29. The number of hydrogen-bond donors (Lipinski definition) is 2. The topological polar surface area (TPSA) is 32.3 Å². The van der Waals surface area contributed by atoms with Crippen LogP contribution in [-0.4, -0.2) is 5.11 Å². The maximum atomic E-state index is 9.55. The third-order valence-corrected chi connectivity index (χ3v) is 3.56. The van der Waals surface area contributed by atoms with Crippen LogP contribution in [0.15, 0.2) is 48.5 Å². The van der Waals surface area contributed by atoms with Crippen LogP contribution < -0.4 is 5.32 Å². The number of aryl methyl sites for hydroxylation is 1. The number of aromatic hydroxyl groups is 1. The van der Waals surface area contributed by atoms with E-state index in [1.807, 2.05) is 19.1 Å². The number of hydrogen-bond acceptors (Lipinski definition) is 2. The molecule has 0 saturated heterocycles. The molecule has 0 aromatic heterocycles. The van der Waals surface area contributed by atoms with Crippen LogP contribution in [0, 0.1) is 12.3 Å². The molecule has 0 radical (unpaired) electrons. The molecule has 2 aromatic carbocycles. The summed E-state index contributed by atoms with van der Waals surface area (Å²) < 4.78 is 0. The van der Waals surface area contributed by atoms with Crippen LogP contribution in [0.3, 0.4) is 0 Å². The zero-order valence-electron chi connectivity index (χ0n) is 13.4. The van der Waals surface area contributed by atoms with Crippen molar-refractivity contribution in [2.45, 2.75) is 40.2 Å². The van der Waals surface area contributed by atoms with Crippen LogP contribution >= 0.6 is 0 Å². The molecule has 21 heavy (non-hydrogen) atoms. The highest BCUT2D eigenvalue weighted by molar-refractivity contribution is 5.54. The van der Waals surface area contributed by atoms with Gasteiger partial charge in [-0.2, -0.15) is 0 Å². The Bertz CT molecular complexity index is 584. The van der Waals surface area contributed by atoms with Crippen LogP contribution in [0.5, 0.6) is 5.75 Å². The van der Waals surface area contributed by atoms with Crippen molar-refractivity contribution in [1.82, 2.24) is 0 Å². The third kappa shape index (κ3) is 4.52. The minimum absolute atomic E-state index is 0.234. The molecule has 0 fully saturated rings. The van der Waals surface area contributed by atoms with Crippen molar-refractivity contribution in [2.24, 2.45) is 5.41 Å². The predicted molar refractivity (Wildman–Crippen MR) is 89.7 cm³/mol. The normalized spacial score (nSPS) is 13.0. The van der Waals surface area contributed by atoms with Gasteiger partial charge in [0.05, 0.1) is 6.04 Å². The summed E-state index contributed by atoms with van der Waals surface area (Å²) in [6.45, 7) is 8.79. The van der Waals surface area contributed by atoms with Gasteiger partial charge in [0.2, 0.25) is 0 Å². The molecule has 0 bridgehead atoms. The van der Waals surface area contributed by atoms with Gasteiger partial charge in [0.15, 0.2) is 0 Å². The molecule has 2 N–H and O–H groups in total. The summed E-state index contributed by atoms with van der Waals surface area (Å²) in [7, 11) is 0. The van der Waals surface area contributed by atoms with Crippen LogP contribution in [0.4, 0.5) is 5.69 Å². The molecule has 112 valence electrons. The second-order valence-corrected chi connectivity index (χ2v) is 6.87. The van der Waals surface area contributed by atoms with E-state index in [9.17, 15) is 5.11 Å². The highest BCUT2D eigenvalue weighted by Gasteiger charge is 2.20. The smallest absolute Gasteiger partial charge is 0.115 e. The van der Waals surface area contributed by atoms with E-state index >= 15 is 0 Å². The molecule has 0 aliphatic rings. The van der Waals surface area contributed by atoms with Crippen molar-refractivity contribution < 1.29 is 5.11 Å². The van der Waals surface area contributed by atoms with Gasteiger partial charge in [-0.3, -0.25) is 0 Å². The second-order valence-electron chi connectivity index (χ2n) is 6.87. The Morgan fingerprint density at radius 1 is 1.05 bits per heavy atom. The van der Waals surface area contributed by atoms with E-state index in [1.165, 1.54) is 5.56 Å². The lowest BCUT2D eigenvalue weighted by atomic mass is 9.85. The Hall–Kier alpha value is -1.96. The molecule has 0 heterocycles. The van der Waals surface area contributed by atoms with Gasteiger partial charge in [-0.05, 0) is 48.1 Å². The molecule has 0 amide bonds. The van der Waals surface area contributed by atoms with Gasteiger partial charge in [-0.15, -0.1) is 0 Å². The maximum absolute atomic E-state index is 9.55. The minimum Gasteiger partial charge on any atom is -0.508 e. The highest BCUT2D eigenvalue weighted by Crippen LogP contribution is 2.33. The Kier molecular flexibility index (Phi) is 4.56. The van der Waals surface area contributed by atoms with Gasteiger partial charge in [0.25, 0.3) is 0 Å². The molecule has 1 unspecified atom stereocenters. The molecule has 0 spiro atoms. The lowest BCUT2D eigenvalue weighted by Gasteiger charge is -2.28. The molecule has 2 aromatic rings. The summed E-state index contributed by atoms with van der Waals surface area (Å²) >= 11 is 0. The van der Waals surface area contributed by atoms with Crippen LogP contribution in [0.25, 0.3) is 0 Å². The van der Waals surface area contributed by atoms with Crippen LogP contribution in [0.1, 0.15) is 44.4 Å². The molecule has 0 aliphatic heterocycles. The van der Waals surface area contributed by atoms with E-state index < -0.39 is 0 Å². The summed E-state index contributed by atoms with van der Waals surface area (Å²) in [4.78, 5) is 0. The summed E-state index contributed by atoms with van der Waals surface area (Å²) in [5, 5.41) is 13.2. The number of phenols is 1. The molecule has 1 atom stereocenters. The van der Waals surface area contributed by atoms with Crippen LogP contribution in [0.2, 0.25) is 0 Å². The first-order valence-corrected chi connectivity index (χ1v) is 7.46. The molecule has 0 aliphatic carbocycles. The summed E-state index contributed by atoms with van der Waals surface area (Å²) in [5.74, 6) is 0.310. The van der Waals surface area contributed by atoms with Gasteiger partial charge >= 0.3 is 0 Å². The Labute approximate surface area is 127 Å². The van der Waals surface area contributed by atoms with E-state index in [4.69, 9.17) is 0 Å².